The molecule has 2 aromatic rings. The van der Waals surface area contributed by atoms with Crippen LogP contribution < -0.4 is 10.1 Å². The van der Waals surface area contributed by atoms with E-state index in [1.807, 2.05) is 18.2 Å². The second kappa shape index (κ2) is 11.2. The van der Waals surface area contributed by atoms with Crippen LogP contribution in [0.4, 0.5) is 5.69 Å². The highest BCUT2D eigenvalue weighted by molar-refractivity contribution is 6.37. The zero-order valence-corrected chi connectivity index (χ0v) is 17.9. The highest BCUT2D eigenvalue weighted by Crippen LogP contribution is 2.38. The fourth-order valence-corrected chi connectivity index (χ4v) is 3.31. The smallest absolute Gasteiger partial charge is 0.227 e. The summed E-state index contributed by atoms with van der Waals surface area (Å²) >= 11 is 12.1. The number of phenols is 1. The minimum Gasteiger partial charge on any atom is -0.504 e. The lowest BCUT2D eigenvalue weighted by molar-refractivity contribution is -0.116. The van der Waals surface area contributed by atoms with Crippen molar-refractivity contribution in [1.29, 1.82) is 0 Å². The number of hydrogen-bond acceptors (Lipinski definition) is 3. The van der Waals surface area contributed by atoms with Crippen LogP contribution in [0, 0.1) is 6.92 Å². The van der Waals surface area contributed by atoms with Gasteiger partial charge in [-0.1, -0.05) is 67.6 Å². The number of hydrogen-bond donors (Lipinski definition) is 2. The fourth-order valence-electron chi connectivity index (χ4n) is 2.86. The van der Waals surface area contributed by atoms with E-state index < -0.39 is 0 Å². The molecule has 0 atom stereocenters. The number of benzene rings is 2. The summed E-state index contributed by atoms with van der Waals surface area (Å²) in [5, 5.41) is 13.2. The summed E-state index contributed by atoms with van der Waals surface area (Å²) in [6.07, 6.45) is 5.90. The molecule has 0 aliphatic heterocycles. The summed E-state index contributed by atoms with van der Waals surface area (Å²) in [6, 6.07) is 9.41. The van der Waals surface area contributed by atoms with E-state index in [2.05, 4.69) is 18.3 Å². The van der Waals surface area contributed by atoms with E-state index in [1.54, 1.807) is 6.92 Å². The van der Waals surface area contributed by atoms with E-state index >= 15 is 0 Å². The zero-order valence-electron chi connectivity index (χ0n) is 16.4. The molecule has 0 fully saturated rings. The largest absolute Gasteiger partial charge is 0.504 e. The van der Waals surface area contributed by atoms with Gasteiger partial charge in [-0.3, -0.25) is 4.79 Å². The van der Waals surface area contributed by atoms with Gasteiger partial charge >= 0.3 is 0 Å². The first-order chi connectivity index (χ1) is 13.4. The lowest BCUT2D eigenvalue weighted by atomic mass is 10.1. The Bertz CT molecular complexity index is 809. The molecule has 2 N–H and O–H groups in total. The van der Waals surface area contributed by atoms with E-state index in [0.29, 0.717) is 10.6 Å². The third-order valence-electron chi connectivity index (χ3n) is 4.55. The second-order valence-corrected chi connectivity index (χ2v) is 7.54. The molecule has 4 nitrogen and oxygen atoms in total. The number of anilines is 1. The van der Waals surface area contributed by atoms with Crippen molar-refractivity contribution >= 4 is 34.8 Å². The van der Waals surface area contributed by atoms with E-state index in [1.165, 1.54) is 25.3 Å². The first kappa shape index (κ1) is 22.4. The molecule has 0 unspecified atom stereocenters. The maximum absolute atomic E-state index is 12.2. The minimum absolute atomic E-state index is 0.135. The van der Waals surface area contributed by atoms with Crippen molar-refractivity contribution in [2.45, 2.75) is 52.4 Å². The molecule has 2 rings (SSSR count). The summed E-state index contributed by atoms with van der Waals surface area (Å²) in [5.74, 6) is 0.345. The molecule has 0 heterocycles. The van der Waals surface area contributed by atoms with E-state index in [9.17, 15) is 9.90 Å². The maximum Gasteiger partial charge on any atom is 0.227 e. The van der Waals surface area contributed by atoms with Crippen LogP contribution in [0.25, 0.3) is 0 Å². The van der Waals surface area contributed by atoms with Gasteiger partial charge in [0.25, 0.3) is 0 Å². The van der Waals surface area contributed by atoms with Gasteiger partial charge in [0.15, 0.2) is 5.75 Å². The number of nitrogens with one attached hydrogen (secondary N) is 1. The number of halogens is 2. The standard InChI is InChI=1S/C22H27Cl2NO3/c1-3-4-5-6-9-16-10-7-8-11-19(16)28-13-12-20(26)25-18-14-17(23)15(2)21(24)22(18)27/h7-8,10-11,14,27H,3-6,9,12-13H2,1-2H3,(H,25,26). The Labute approximate surface area is 176 Å². The van der Waals surface area contributed by atoms with Gasteiger partial charge in [-0.05, 0) is 43.0 Å². The second-order valence-electron chi connectivity index (χ2n) is 6.76. The molecule has 1 amide bonds. The fraction of sp³-hybridized carbons (Fsp3) is 0.409. The van der Waals surface area contributed by atoms with Crippen LogP contribution in [-0.2, 0) is 11.2 Å². The molecule has 0 bridgehead atoms. The molecule has 0 spiro atoms. The predicted molar refractivity (Wildman–Crippen MR) is 116 cm³/mol. The van der Waals surface area contributed by atoms with Gasteiger partial charge in [0, 0.05) is 5.02 Å². The number of phenolic OH excluding ortho intramolecular Hbond substituents is 1. The van der Waals surface area contributed by atoms with Crippen molar-refractivity contribution in [3.8, 4) is 11.5 Å². The zero-order chi connectivity index (χ0) is 20.5. The molecule has 0 aromatic heterocycles. The van der Waals surface area contributed by atoms with Crippen molar-refractivity contribution in [2.24, 2.45) is 0 Å². The maximum atomic E-state index is 12.2. The van der Waals surface area contributed by atoms with Gasteiger partial charge in [-0.15, -0.1) is 0 Å². The highest BCUT2D eigenvalue weighted by atomic mass is 35.5. The number of carbonyl (C=O) groups excluding carboxylic acids is 1. The minimum atomic E-state index is -0.285. The Kier molecular flexibility index (Phi) is 8.94. The van der Waals surface area contributed by atoms with Gasteiger partial charge < -0.3 is 15.2 Å². The molecule has 152 valence electrons. The summed E-state index contributed by atoms with van der Waals surface area (Å²) in [7, 11) is 0. The van der Waals surface area contributed by atoms with Crippen LogP contribution in [0.15, 0.2) is 30.3 Å². The molecular weight excluding hydrogens is 397 g/mol. The molecule has 28 heavy (non-hydrogen) atoms. The number of unbranched alkanes of at least 4 members (excludes halogenated alkanes) is 3. The van der Waals surface area contributed by atoms with Crippen LogP contribution in [-0.4, -0.2) is 17.6 Å². The van der Waals surface area contributed by atoms with Crippen LogP contribution in [0.3, 0.4) is 0 Å². The Balaban J connectivity index is 1.88. The Morgan fingerprint density at radius 3 is 2.68 bits per heavy atom. The molecule has 0 radical (unpaired) electrons. The van der Waals surface area contributed by atoms with Gasteiger partial charge in [0.1, 0.15) is 5.75 Å². The number of rotatable bonds is 10. The Morgan fingerprint density at radius 1 is 1.18 bits per heavy atom. The average Bonchev–Trinajstić information content (AvgIpc) is 2.69. The first-order valence-corrected chi connectivity index (χ1v) is 10.4. The summed E-state index contributed by atoms with van der Waals surface area (Å²) in [4.78, 5) is 12.2. The quantitative estimate of drug-likeness (QED) is 0.336. The van der Waals surface area contributed by atoms with Crippen molar-refractivity contribution in [3.05, 3.63) is 51.5 Å². The first-order valence-electron chi connectivity index (χ1n) is 9.62. The predicted octanol–water partition coefficient (Wildman–Crippen LogP) is 6.54. The third-order valence-corrected chi connectivity index (χ3v) is 5.41. The number of carbonyl (C=O) groups is 1. The normalized spacial score (nSPS) is 10.7. The Hall–Kier alpha value is -1.91. The lowest BCUT2D eigenvalue weighted by Crippen LogP contribution is -2.15. The average molecular weight is 424 g/mol. The highest BCUT2D eigenvalue weighted by Gasteiger charge is 2.14. The van der Waals surface area contributed by atoms with Crippen molar-refractivity contribution < 1.29 is 14.6 Å². The number of para-hydroxylation sites is 1. The number of amides is 1. The van der Waals surface area contributed by atoms with Crippen LogP contribution in [0.1, 0.15) is 50.2 Å². The van der Waals surface area contributed by atoms with E-state index in [4.69, 9.17) is 27.9 Å². The van der Waals surface area contributed by atoms with Crippen LogP contribution >= 0.6 is 23.2 Å². The topological polar surface area (TPSA) is 58.6 Å². The summed E-state index contributed by atoms with van der Waals surface area (Å²) in [6.45, 7) is 4.13. The van der Waals surface area contributed by atoms with Crippen molar-refractivity contribution in [3.63, 3.8) is 0 Å². The molecule has 0 saturated heterocycles. The monoisotopic (exact) mass is 423 g/mol. The van der Waals surface area contributed by atoms with Crippen molar-refractivity contribution in [2.75, 3.05) is 11.9 Å². The SMILES string of the molecule is CCCCCCc1ccccc1OCCC(=O)Nc1cc(Cl)c(C)c(Cl)c1O. The van der Waals surface area contributed by atoms with Crippen molar-refractivity contribution in [1.82, 2.24) is 0 Å². The van der Waals surface area contributed by atoms with Gasteiger partial charge in [0.05, 0.1) is 23.7 Å². The molecule has 2 aromatic carbocycles. The van der Waals surface area contributed by atoms with E-state index in [0.717, 1.165) is 24.2 Å². The summed E-state index contributed by atoms with van der Waals surface area (Å²) < 4.78 is 5.82. The number of aromatic hydroxyl groups is 1. The van der Waals surface area contributed by atoms with Crippen LogP contribution in [0.2, 0.25) is 10.0 Å². The van der Waals surface area contributed by atoms with Gasteiger partial charge in [-0.25, -0.2) is 0 Å². The summed E-state index contributed by atoms with van der Waals surface area (Å²) in [5.41, 5.74) is 1.92. The lowest BCUT2D eigenvalue weighted by Gasteiger charge is -2.13. The van der Waals surface area contributed by atoms with Gasteiger partial charge in [0.2, 0.25) is 5.91 Å². The molecule has 0 aliphatic carbocycles. The number of aryl methyl sites for hydroxylation is 1. The molecule has 0 saturated carbocycles. The van der Waals surface area contributed by atoms with E-state index in [-0.39, 0.29) is 35.4 Å². The molecule has 6 heteroatoms. The third kappa shape index (κ3) is 6.32. The van der Waals surface area contributed by atoms with Crippen LogP contribution in [0.5, 0.6) is 11.5 Å². The molecular formula is C22H27Cl2NO3. The Morgan fingerprint density at radius 2 is 1.93 bits per heavy atom. The number of ether oxygens (including phenoxy) is 1. The molecule has 0 aliphatic rings. The van der Waals surface area contributed by atoms with Gasteiger partial charge in [-0.2, -0.15) is 0 Å².